The van der Waals surface area contributed by atoms with E-state index in [1.165, 1.54) is 11.8 Å². The monoisotopic (exact) mass is 375 g/mol. The van der Waals surface area contributed by atoms with E-state index in [0.717, 1.165) is 16.7 Å². The highest BCUT2D eigenvalue weighted by molar-refractivity contribution is 7.99. The van der Waals surface area contributed by atoms with E-state index in [1.54, 1.807) is 12.6 Å². The molecule has 0 aliphatic carbocycles. The second-order valence-corrected chi connectivity index (χ2v) is 6.49. The minimum atomic E-state index is -0.625. The predicted octanol–water partition coefficient (Wildman–Crippen LogP) is 2.85. The number of rotatable bonds is 10. The van der Waals surface area contributed by atoms with Gasteiger partial charge in [0.1, 0.15) is 30.2 Å². The van der Waals surface area contributed by atoms with E-state index < -0.39 is 6.10 Å². The summed E-state index contributed by atoms with van der Waals surface area (Å²) in [5.41, 5.74) is 0. The van der Waals surface area contributed by atoms with Gasteiger partial charge in [0.05, 0.1) is 25.5 Å². The third-order valence-electron chi connectivity index (χ3n) is 3.47. The molecule has 1 aromatic carbocycles. The number of aliphatic hydroxyl groups excluding tert-OH is 1. The Kier molecular flexibility index (Phi) is 6.56. The molecule has 0 aliphatic heterocycles. The zero-order chi connectivity index (χ0) is 18.2. The molecule has 0 aliphatic rings. The van der Waals surface area contributed by atoms with E-state index in [1.807, 2.05) is 47.9 Å². The highest BCUT2D eigenvalue weighted by Gasteiger charge is 2.11. The summed E-state index contributed by atoms with van der Waals surface area (Å²) in [6.45, 7) is 3.32. The second-order valence-electron chi connectivity index (χ2n) is 5.50. The van der Waals surface area contributed by atoms with Gasteiger partial charge in [0.2, 0.25) is 0 Å². The molecule has 2 heterocycles. The summed E-state index contributed by atoms with van der Waals surface area (Å²) >= 11 is 1.43. The Bertz CT molecular complexity index is 774. The number of furan rings is 1. The van der Waals surface area contributed by atoms with Gasteiger partial charge in [-0.2, -0.15) is 0 Å². The van der Waals surface area contributed by atoms with Crippen molar-refractivity contribution in [2.45, 2.75) is 24.7 Å². The zero-order valence-electron chi connectivity index (χ0n) is 14.4. The first-order chi connectivity index (χ1) is 12.7. The molecule has 0 amide bonds. The molecule has 0 fully saturated rings. The predicted molar refractivity (Wildman–Crippen MR) is 97.7 cm³/mol. The van der Waals surface area contributed by atoms with Gasteiger partial charge < -0.3 is 23.6 Å². The first-order valence-corrected chi connectivity index (χ1v) is 9.30. The van der Waals surface area contributed by atoms with E-state index in [0.29, 0.717) is 24.7 Å². The molecule has 1 N–H and O–H groups in total. The summed E-state index contributed by atoms with van der Waals surface area (Å²) in [7, 11) is 0. The van der Waals surface area contributed by atoms with Crippen LogP contribution in [0.3, 0.4) is 0 Å². The van der Waals surface area contributed by atoms with Crippen LogP contribution in [0.2, 0.25) is 0 Å². The van der Waals surface area contributed by atoms with Crippen molar-refractivity contribution in [3.8, 4) is 11.5 Å². The van der Waals surface area contributed by atoms with Crippen LogP contribution in [0.15, 0.2) is 58.6 Å². The van der Waals surface area contributed by atoms with Crippen LogP contribution in [0, 0.1) is 0 Å². The maximum Gasteiger partial charge on any atom is 0.191 e. The Morgan fingerprint density at radius 1 is 1.19 bits per heavy atom. The molecule has 0 saturated heterocycles. The fourth-order valence-corrected chi connectivity index (χ4v) is 3.07. The van der Waals surface area contributed by atoms with Crippen LogP contribution in [0.4, 0.5) is 0 Å². The number of benzene rings is 1. The van der Waals surface area contributed by atoms with Crippen LogP contribution in [0.1, 0.15) is 12.7 Å². The molecule has 1 atom stereocenters. The molecular weight excluding hydrogens is 354 g/mol. The van der Waals surface area contributed by atoms with Gasteiger partial charge in [-0.3, -0.25) is 0 Å². The Balaban J connectivity index is 1.44. The molecule has 1 unspecified atom stereocenters. The summed E-state index contributed by atoms with van der Waals surface area (Å²) in [4.78, 5) is 0. The lowest BCUT2D eigenvalue weighted by molar-refractivity contribution is 0.126. The normalized spacial score (nSPS) is 12.1. The Labute approximate surface area is 156 Å². The number of aromatic nitrogens is 3. The van der Waals surface area contributed by atoms with Crippen molar-refractivity contribution in [3.05, 3.63) is 54.7 Å². The summed E-state index contributed by atoms with van der Waals surface area (Å²) in [5, 5.41) is 18.9. The van der Waals surface area contributed by atoms with Crippen molar-refractivity contribution in [1.29, 1.82) is 0 Å². The topological polar surface area (TPSA) is 82.5 Å². The number of nitrogens with zero attached hydrogens (tertiary/aromatic N) is 3. The van der Waals surface area contributed by atoms with Crippen LogP contribution in [-0.4, -0.2) is 44.9 Å². The molecule has 7 nitrogen and oxygen atoms in total. The number of thioether (sulfide) groups is 1. The summed E-state index contributed by atoms with van der Waals surface area (Å²) in [6.07, 6.45) is 2.66. The minimum Gasteiger partial charge on any atom is -0.494 e. The summed E-state index contributed by atoms with van der Waals surface area (Å²) in [6, 6.07) is 11.1. The van der Waals surface area contributed by atoms with Crippen LogP contribution in [0.5, 0.6) is 11.5 Å². The van der Waals surface area contributed by atoms with E-state index >= 15 is 0 Å². The van der Waals surface area contributed by atoms with E-state index in [-0.39, 0.29) is 6.61 Å². The average Bonchev–Trinajstić information content (AvgIpc) is 3.32. The van der Waals surface area contributed by atoms with E-state index in [9.17, 15) is 5.11 Å². The lowest BCUT2D eigenvalue weighted by Crippen LogP contribution is -2.20. The fraction of sp³-hybridized carbons (Fsp3) is 0.333. The molecule has 3 rings (SSSR count). The number of aliphatic hydroxyl groups is 1. The molecule has 0 bridgehead atoms. The summed E-state index contributed by atoms with van der Waals surface area (Å²) in [5.74, 6) is 2.77. The van der Waals surface area contributed by atoms with E-state index in [4.69, 9.17) is 13.9 Å². The van der Waals surface area contributed by atoms with Gasteiger partial charge >= 0.3 is 0 Å². The van der Waals surface area contributed by atoms with Crippen molar-refractivity contribution in [1.82, 2.24) is 14.8 Å². The van der Waals surface area contributed by atoms with Crippen LogP contribution in [0.25, 0.3) is 0 Å². The Morgan fingerprint density at radius 2 is 1.96 bits per heavy atom. The summed E-state index contributed by atoms with van der Waals surface area (Å²) < 4.78 is 18.2. The van der Waals surface area contributed by atoms with Crippen molar-refractivity contribution in [2.75, 3.05) is 19.0 Å². The van der Waals surface area contributed by atoms with Gasteiger partial charge in [-0.05, 0) is 43.3 Å². The van der Waals surface area contributed by atoms with Crippen LogP contribution in [-0.2, 0) is 6.54 Å². The Morgan fingerprint density at radius 3 is 2.65 bits per heavy atom. The van der Waals surface area contributed by atoms with Gasteiger partial charge in [0.25, 0.3) is 0 Å². The van der Waals surface area contributed by atoms with Gasteiger partial charge in [0, 0.05) is 5.75 Å². The second kappa shape index (κ2) is 9.30. The first-order valence-electron chi connectivity index (χ1n) is 8.31. The zero-order valence-corrected chi connectivity index (χ0v) is 15.3. The third-order valence-corrected chi connectivity index (χ3v) is 4.59. The van der Waals surface area contributed by atoms with Gasteiger partial charge in [-0.15, -0.1) is 10.2 Å². The molecule has 0 spiro atoms. The number of hydrogen-bond donors (Lipinski definition) is 1. The maximum absolute atomic E-state index is 10.1. The Hall–Kier alpha value is -2.45. The SMILES string of the molecule is CCOc1ccc(OCC(O)CSc2nncn2Cc2ccco2)cc1. The quantitative estimate of drug-likeness (QED) is 0.546. The third kappa shape index (κ3) is 5.27. The van der Waals surface area contributed by atoms with Crippen molar-refractivity contribution >= 4 is 11.8 Å². The number of hydrogen-bond acceptors (Lipinski definition) is 7. The highest BCUT2D eigenvalue weighted by atomic mass is 32.2. The lowest BCUT2D eigenvalue weighted by atomic mass is 10.3. The largest absolute Gasteiger partial charge is 0.494 e. The maximum atomic E-state index is 10.1. The standard InChI is InChI=1S/C18H21N3O4S/c1-2-23-15-5-7-16(8-6-15)25-11-14(22)12-26-18-20-19-13-21(18)10-17-4-3-9-24-17/h3-9,13-14,22H,2,10-12H2,1H3. The number of ether oxygens (including phenoxy) is 2. The van der Waals surface area contributed by atoms with Crippen LogP contribution < -0.4 is 9.47 Å². The molecular formula is C18H21N3O4S. The molecule has 0 radical (unpaired) electrons. The molecule has 2 aromatic heterocycles. The highest BCUT2D eigenvalue weighted by Crippen LogP contribution is 2.20. The van der Waals surface area contributed by atoms with E-state index in [2.05, 4.69) is 10.2 Å². The van der Waals surface area contributed by atoms with Gasteiger partial charge in [-0.25, -0.2) is 0 Å². The molecule has 138 valence electrons. The van der Waals surface area contributed by atoms with Crippen LogP contribution >= 0.6 is 11.8 Å². The van der Waals surface area contributed by atoms with Crippen molar-refractivity contribution in [3.63, 3.8) is 0 Å². The molecule has 8 heteroatoms. The molecule has 3 aromatic rings. The smallest absolute Gasteiger partial charge is 0.191 e. The molecule has 0 saturated carbocycles. The van der Waals surface area contributed by atoms with Crippen molar-refractivity contribution in [2.24, 2.45) is 0 Å². The average molecular weight is 375 g/mol. The first kappa shape index (κ1) is 18.3. The minimum absolute atomic E-state index is 0.202. The van der Waals surface area contributed by atoms with Crippen molar-refractivity contribution < 1.29 is 19.0 Å². The van der Waals surface area contributed by atoms with Gasteiger partial charge in [-0.1, -0.05) is 11.8 Å². The van der Waals surface area contributed by atoms with Gasteiger partial charge in [0.15, 0.2) is 5.16 Å². The lowest BCUT2D eigenvalue weighted by Gasteiger charge is -2.12. The molecule has 26 heavy (non-hydrogen) atoms. The fourth-order valence-electron chi connectivity index (χ4n) is 2.25.